The van der Waals surface area contributed by atoms with Crippen molar-refractivity contribution >= 4 is 29.9 Å². The zero-order chi connectivity index (χ0) is 35.2. The normalized spacial score (nSPS) is 18.7. The fraction of sp³-hybridized carbons (Fsp3) is 0.576. The van der Waals surface area contributed by atoms with Crippen LogP contribution in [0.5, 0.6) is 0 Å². The smallest absolute Gasteiger partial charge is 0.407 e. The molecule has 2 fully saturated rings. The molecule has 0 spiro atoms. The number of nitrogens with zero attached hydrogens (tertiary/aromatic N) is 4. The summed E-state index contributed by atoms with van der Waals surface area (Å²) in [5.74, 6) is 0.246. The molecule has 48 heavy (non-hydrogen) atoms. The Morgan fingerprint density at radius 1 is 0.979 bits per heavy atom. The van der Waals surface area contributed by atoms with Gasteiger partial charge in [-0.15, -0.1) is 0 Å². The molecule has 2 heterocycles. The van der Waals surface area contributed by atoms with E-state index in [0.717, 1.165) is 31.4 Å². The number of piperazine rings is 1. The summed E-state index contributed by atoms with van der Waals surface area (Å²) in [4.78, 5) is 68.4. The number of hydrogen-bond donors (Lipinski definition) is 5. The summed E-state index contributed by atoms with van der Waals surface area (Å²) in [5, 5.41) is 20.4. The maximum absolute atomic E-state index is 12.8. The van der Waals surface area contributed by atoms with Gasteiger partial charge < -0.3 is 35.6 Å². The zero-order valence-electron chi connectivity index (χ0n) is 28.5. The molecule has 5 N–H and O–H groups in total. The molecule has 0 bridgehead atoms. The van der Waals surface area contributed by atoms with Gasteiger partial charge in [0, 0.05) is 44.5 Å². The molecule has 4 rings (SSSR count). The molecular weight excluding hydrogens is 620 g/mol. The molecule has 1 atom stereocenters. The molecule has 5 amide bonds. The number of alkyl carbamates (subject to hydrolysis) is 1. The van der Waals surface area contributed by atoms with E-state index in [2.05, 4.69) is 33.2 Å². The van der Waals surface area contributed by atoms with Crippen molar-refractivity contribution in [1.82, 2.24) is 35.3 Å². The molecule has 2 aromatic rings. The Bertz CT molecular complexity index is 1520. The lowest BCUT2D eigenvalue weighted by Crippen LogP contribution is -2.60. The first kappa shape index (κ1) is 36.2. The molecule has 15 nitrogen and oxygen atoms in total. The largest absolute Gasteiger partial charge is 0.465 e. The summed E-state index contributed by atoms with van der Waals surface area (Å²) in [6, 6.07) is 9.16. The summed E-state index contributed by atoms with van der Waals surface area (Å²) >= 11 is 0. The van der Waals surface area contributed by atoms with Crippen LogP contribution >= 0.6 is 0 Å². The van der Waals surface area contributed by atoms with Crippen molar-refractivity contribution in [1.29, 1.82) is 0 Å². The van der Waals surface area contributed by atoms with Crippen molar-refractivity contribution in [2.75, 3.05) is 38.0 Å². The van der Waals surface area contributed by atoms with Crippen LogP contribution in [-0.2, 0) is 16.0 Å². The molecule has 15 heteroatoms. The van der Waals surface area contributed by atoms with Gasteiger partial charge in [0.15, 0.2) is 0 Å². The number of carbonyl (C=O) groups excluding carboxylic acids is 3. The number of rotatable bonds is 10. The quantitative estimate of drug-likeness (QED) is 0.254. The first-order valence-electron chi connectivity index (χ1n) is 16.3. The van der Waals surface area contributed by atoms with Gasteiger partial charge in [0.05, 0.1) is 5.69 Å². The molecule has 1 saturated carbocycles. The predicted octanol–water partition coefficient (Wildman–Crippen LogP) is 2.78. The molecule has 0 radical (unpaired) electrons. The van der Waals surface area contributed by atoms with Crippen LogP contribution < -0.4 is 27.0 Å². The second-order valence-electron chi connectivity index (χ2n) is 14.1. The van der Waals surface area contributed by atoms with E-state index in [-0.39, 0.29) is 56.1 Å². The number of anilines is 1. The first-order chi connectivity index (χ1) is 22.5. The van der Waals surface area contributed by atoms with Crippen LogP contribution in [0.3, 0.4) is 0 Å². The number of aromatic nitrogens is 2. The highest BCUT2D eigenvalue weighted by molar-refractivity contribution is 5.90. The van der Waals surface area contributed by atoms with Crippen LogP contribution in [-0.4, -0.2) is 105 Å². The van der Waals surface area contributed by atoms with Gasteiger partial charge >= 0.3 is 23.9 Å². The Balaban J connectivity index is 1.20. The molecule has 1 aromatic heterocycles. The van der Waals surface area contributed by atoms with Crippen LogP contribution in [0, 0.1) is 5.92 Å². The van der Waals surface area contributed by atoms with E-state index >= 15 is 0 Å². The lowest BCUT2D eigenvalue weighted by atomic mass is 9.80. The Morgan fingerprint density at radius 2 is 1.60 bits per heavy atom. The van der Waals surface area contributed by atoms with Gasteiger partial charge in [-0.25, -0.2) is 19.2 Å². The van der Waals surface area contributed by atoms with Gasteiger partial charge in [0.2, 0.25) is 5.91 Å². The number of carboxylic acid groups (broad SMARTS) is 1. The van der Waals surface area contributed by atoms with Gasteiger partial charge in [0.1, 0.15) is 17.0 Å². The third-order valence-corrected chi connectivity index (χ3v) is 8.31. The lowest BCUT2D eigenvalue weighted by Gasteiger charge is -2.38. The van der Waals surface area contributed by atoms with Crippen molar-refractivity contribution in [2.45, 2.75) is 84.0 Å². The summed E-state index contributed by atoms with van der Waals surface area (Å²) in [6.07, 6.45) is 2.56. The molecule has 262 valence electrons. The first-order valence-corrected chi connectivity index (χ1v) is 16.3. The number of urea groups is 1. The van der Waals surface area contributed by atoms with Crippen LogP contribution in [0.25, 0.3) is 5.69 Å². The summed E-state index contributed by atoms with van der Waals surface area (Å²) in [5.41, 5.74) is -0.571. The van der Waals surface area contributed by atoms with Gasteiger partial charge in [-0.2, -0.15) is 4.98 Å². The fourth-order valence-electron chi connectivity index (χ4n) is 5.77. The molecular formula is C33H48N8O7. The highest BCUT2D eigenvalue weighted by Crippen LogP contribution is 2.27. The Morgan fingerprint density at radius 3 is 2.19 bits per heavy atom. The molecule has 1 aliphatic carbocycles. The third kappa shape index (κ3) is 10.2. The van der Waals surface area contributed by atoms with Crippen molar-refractivity contribution < 1.29 is 29.0 Å². The van der Waals surface area contributed by atoms with Crippen LogP contribution in [0.4, 0.5) is 20.2 Å². The summed E-state index contributed by atoms with van der Waals surface area (Å²) in [6.45, 7) is 12.5. The average Bonchev–Trinajstić information content (AvgIpc) is 2.97. The minimum Gasteiger partial charge on any atom is -0.465 e. The number of benzene rings is 1. The van der Waals surface area contributed by atoms with Crippen LogP contribution in [0.15, 0.2) is 41.3 Å². The Kier molecular flexibility index (Phi) is 11.3. The van der Waals surface area contributed by atoms with Crippen LogP contribution in [0.2, 0.25) is 0 Å². The third-order valence-electron chi connectivity index (χ3n) is 8.31. The van der Waals surface area contributed by atoms with E-state index in [1.54, 1.807) is 12.3 Å². The van der Waals surface area contributed by atoms with E-state index in [1.807, 2.05) is 45.0 Å². The standard InChI is InChI=1S/C33H48N8O7/c1-21(34-20-23-18-24(19-23)35-31(47)48-32(2,3)4)17-22-7-9-25(10-8-22)41-12-11-26(37-29(41)44)36-28(43)40-15-13-39(14-16-40)27(42)33(5,6)38-30(45)46/h7-12,21,23-24,34,38H,13-20H2,1-6H3,(H,35,47)(H,45,46)(H,36,37,43,44)/t21?,23-,24+. The molecule has 1 aromatic carbocycles. The van der Waals surface area contributed by atoms with Gasteiger partial charge in [-0.05, 0) is 97.0 Å². The summed E-state index contributed by atoms with van der Waals surface area (Å²) in [7, 11) is 0. The second kappa shape index (κ2) is 15.0. The van der Waals surface area contributed by atoms with Crippen molar-refractivity contribution in [3.8, 4) is 5.69 Å². The summed E-state index contributed by atoms with van der Waals surface area (Å²) < 4.78 is 6.72. The van der Waals surface area contributed by atoms with Crippen LogP contribution in [0.1, 0.15) is 59.9 Å². The second-order valence-corrected chi connectivity index (χ2v) is 14.1. The average molecular weight is 669 g/mol. The highest BCUT2D eigenvalue weighted by Gasteiger charge is 2.36. The minimum atomic E-state index is -1.29. The van der Waals surface area contributed by atoms with Gasteiger partial charge in [-0.3, -0.25) is 14.7 Å². The number of hydrogen-bond acceptors (Lipinski definition) is 8. The zero-order valence-corrected chi connectivity index (χ0v) is 28.5. The topological polar surface area (TPSA) is 187 Å². The van der Waals surface area contributed by atoms with E-state index in [9.17, 15) is 24.0 Å². The number of amides is 5. The maximum Gasteiger partial charge on any atom is 0.407 e. The van der Waals surface area contributed by atoms with Gasteiger partial charge in [0.25, 0.3) is 0 Å². The minimum absolute atomic E-state index is 0.112. The van der Waals surface area contributed by atoms with Crippen molar-refractivity contribution in [2.24, 2.45) is 5.92 Å². The Hall–Kier alpha value is -4.66. The number of carbonyl (C=O) groups is 4. The molecule has 1 saturated heterocycles. The Labute approximate surface area is 280 Å². The van der Waals surface area contributed by atoms with E-state index in [1.165, 1.54) is 28.2 Å². The number of nitrogens with one attached hydrogen (secondary N) is 4. The molecule has 1 unspecified atom stereocenters. The van der Waals surface area contributed by atoms with Gasteiger partial charge in [-0.1, -0.05) is 12.1 Å². The number of ether oxygens (including phenoxy) is 1. The van der Waals surface area contributed by atoms with E-state index in [0.29, 0.717) is 11.6 Å². The lowest BCUT2D eigenvalue weighted by molar-refractivity contribution is -0.138. The van der Waals surface area contributed by atoms with Crippen molar-refractivity contribution in [3.05, 3.63) is 52.6 Å². The van der Waals surface area contributed by atoms with E-state index < -0.39 is 29.0 Å². The SMILES string of the molecule is CC(Cc1ccc(-n2ccc(NC(=O)N3CCN(C(=O)C(C)(C)NC(=O)O)CC3)nc2=O)cc1)NC[C@H]1C[C@@H](NC(=O)OC(C)(C)C)C1. The maximum atomic E-state index is 12.8. The highest BCUT2D eigenvalue weighted by atomic mass is 16.6. The monoisotopic (exact) mass is 668 g/mol. The molecule has 2 aliphatic rings. The fourth-order valence-corrected chi connectivity index (χ4v) is 5.77. The van der Waals surface area contributed by atoms with E-state index in [4.69, 9.17) is 9.84 Å². The molecule has 1 aliphatic heterocycles. The van der Waals surface area contributed by atoms with Crippen molar-refractivity contribution in [3.63, 3.8) is 0 Å². The predicted molar refractivity (Wildman–Crippen MR) is 179 cm³/mol.